The van der Waals surface area contributed by atoms with Crippen LogP contribution >= 0.6 is 0 Å². The summed E-state index contributed by atoms with van der Waals surface area (Å²) < 4.78 is 30.7. The van der Waals surface area contributed by atoms with Crippen LogP contribution in [0.1, 0.15) is 40.0 Å². The third-order valence-corrected chi connectivity index (χ3v) is 2.82. The molecule has 0 unspecified atom stereocenters. The summed E-state index contributed by atoms with van der Waals surface area (Å²) in [6.07, 6.45) is 7.88. The fraction of sp³-hybridized carbons (Fsp3) is 0.800. The molecule has 0 aliphatic carbocycles. The van der Waals surface area contributed by atoms with Gasteiger partial charge in [-0.2, -0.15) is 8.42 Å². The summed E-state index contributed by atoms with van der Waals surface area (Å²) in [6.45, 7) is 6.01. The van der Waals surface area contributed by atoms with Crippen LogP contribution in [0.2, 0.25) is 0 Å². The average Bonchev–Trinajstić information content (AvgIpc) is 2.25. The van der Waals surface area contributed by atoms with E-state index in [4.69, 9.17) is 10.3 Å². The molecule has 0 fully saturated rings. The summed E-state index contributed by atoms with van der Waals surface area (Å²) in [5, 5.41) is 0. The van der Waals surface area contributed by atoms with Crippen molar-refractivity contribution in [3.63, 3.8) is 0 Å². The van der Waals surface area contributed by atoms with Gasteiger partial charge in [0.05, 0.1) is 0 Å². The Labute approximate surface area is 98.3 Å². The van der Waals surface area contributed by atoms with Gasteiger partial charge in [0.25, 0.3) is 0 Å². The zero-order chi connectivity index (χ0) is 13.2. The van der Waals surface area contributed by atoms with E-state index in [0.29, 0.717) is 0 Å². The van der Waals surface area contributed by atoms with Crippen LogP contribution in [-0.4, -0.2) is 25.1 Å². The third kappa shape index (κ3) is 11.5. The lowest BCUT2D eigenvalue weighted by Gasteiger charge is -2.23. The number of terminal acetylenes is 1. The van der Waals surface area contributed by atoms with Crippen LogP contribution in [0.25, 0.3) is 0 Å². The molecular weight excluding hydrogens is 230 g/mol. The van der Waals surface area contributed by atoms with E-state index in [1.807, 2.05) is 5.92 Å². The normalized spacial score (nSPS) is 11.2. The molecule has 0 saturated heterocycles. The smallest absolute Gasteiger partial charge is 0.325 e. The van der Waals surface area contributed by atoms with E-state index in [0.717, 1.165) is 19.3 Å². The van der Waals surface area contributed by atoms with Gasteiger partial charge in [-0.25, -0.2) is 4.18 Å². The summed E-state index contributed by atoms with van der Waals surface area (Å²) in [4.78, 5) is 0. The Morgan fingerprint density at radius 2 is 1.69 bits per heavy atom. The number of nitrogens with two attached hydrogens (primary N) is 1. The van der Waals surface area contributed by atoms with Gasteiger partial charge >= 0.3 is 10.4 Å². The molecule has 6 heteroatoms. The second-order valence-electron chi connectivity index (χ2n) is 3.32. The Morgan fingerprint density at radius 3 is 1.75 bits per heavy atom. The van der Waals surface area contributed by atoms with Gasteiger partial charge < -0.3 is 5.73 Å². The molecule has 0 aliphatic heterocycles. The van der Waals surface area contributed by atoms with Crippen LogP contribution in [0.5, 0.6) is 0 Å². The van der Waals surface area contributed by atoms with Gasteiger partial charge in [0, 0.05) is 5.54 Å². The molecule has 0 heterocycles. The van der Waals surface area contributed by atoms with Crippen molar-refractivity contribution >= 4 is 10.4 Å². The zero-order valence-corrected chi connectivity index (χ0v) is 10.9. The molecule has 0 rings (SSSR count). The van der Waals surface area contributed by atoms with Gasteiger partial charge in [-0.05, 0) is 19.3 Å². The van der Waals surface area contributed by atoms with E-state index in [1.54, 1.807) is 0 Å². The van der Waals surface area contributed by atoms with Crippen molar-refractivity contribution in [1.29, 1.82) is 0 Å². The van der Waals surface area contributed by atoms with Crippen molar-refractivity contribution in [2.45, 2.75) is 45.6 Å². The molecule has 0 aromatic rings. The van der Waals surface area contributed by atoms with Crippen LogP contribution < -0.4 is 5.73 Å². The van der Waals surface area contributed by atoms with Crippen molar-refractivity contribution in [3.8, 4) is 12.3 Å². The van der Waals surface area contributed by atoms with Gasteiger partial charge in [0.2, 0.25) is 0 Å². The lowest BCUT2D eigenvalue weighted by molar-refractivity contribution is 0.300. The highest BCUT2D eigenvalue weighted by molar-refractivity contribution is 7.80. The van der Waals surface area contributed by atoms with E-state index in [1.165, 1.54) is 0 Å². The van der Waals surface area contributed by atoms with E-state index in [-0.39, 0.29) is 5.54 Å². The quantitative estimate of drug-likeness (QED) is 0.568. The van der Waals surface area contributed by atoms with Crippen LogP contribution in [0.15, 0.2) is 0 Å². The van der Waals surface area contributed by atoms with E-state index in [9.17, 15) is 8.42 Å². The summed E-state index contributed by atoms with van der Waals surface area (Å²) in [7, 11) is -4.33. The molecule has 0 aliphatic rings. The van der Waals surface area contributed by atoms with Crippen LogP contribution in [0, 0.1) is 12.3 Å². The van der Waals surface area contributed by atoms with Gasteiger partial charge in [0.15, 0.2) is 0 Å². The maximum absolute atomic E-state index is 9.63. The first-order valence-electron chi connectivity index (χ1n) is 5.08. The highest BCUT2D eigenvalue weighted by Crippen LogP contribution is 2.14. The van der Waals surface area contributed by atoms with Gasteiger partial charge in [-0.15, -0.1) is 6.42 Å². The highest BCUT2D eigenvalue weighted by atomic mass is 32.3. The molecule has 0 aromatic carbocycles. The second kappa shape index (κ2) is 8.53. The molecule has 0 spiro atoms. The molecule has 16 heavy (non-hydrogen) atoms. The SMILES string of the molecule is C#CCOS(=O)(=O)O.CCC(N)(CC)CC. The van der Waals surface area contributed by atoms with Crippen molar-refractivity contribution < 1.29 is 17.2 Å². The first-order chi connectivity index (χ1) is 7.24. The average molecular weight is 251 g/mol. The first kappa shape index (κ1) is 17.8. The summed E-state index contributed by atoms with van der Waals surface area (Å²) in [5.41, 5.74) is 6.02. The van der Waals surface area contributed by atoms with E-state index in [2.05, 4.69) is 31.4 Å². The lowest BCUT2D eigenvalue weighted by Crippen LogP contribution is -2.37. The Morgan fingerprint density at radius 1 is 1.31 bits per heavy atom. The summed E-state index contributed by atoms with van der Waals surface area (Å²) in [5.74, 6) is 1.86. The lowest BCUT2D eigenvalue weighted by atomic mass is 9.92. The topological polar surface area (TPSA) is 89.6 Å². The summed E-state index contributed by atoms with van der Waals surface area (Å²) in [6, 6.07) is 0. The van der Waals surface area contributed by atoms with Crippen LogP contribution in [0.4, 0.5) is 0 Å². The molecule has 0 aromatic heterocycles. The van der Waals surface area contributed by atoms with Crippen molar-refractivity contribution in [2.75, 3.05) is 6.61 Å². The van der Waals surface area contributed by atoms with E-state index < -0.39 is 17.0 Å². The number of rotatable bonds is 5. The molecule has 0 saturated carbocycles. The Balaban J connectivity index is 0. The Hall–Kier alpha value is -0.610. The predicted octanol–water partition coefficient (Wildman–Crippen LogP) is 1.35. The minimum Gasteiger partial charge on any atom is -0.325 e. The highest BCUT2D eigenvalue weighted by Gasteiger charge is 2.15. The molecule has 0 atom stereocenters. The minimum atomic E-state index is -4.33. The van der Waals surface area contributed by atoms with E-state index >= 15 is 0 Å². The van der Waals surface area contributed by atoms with Crippen LogP contribution in [-0.2, 0) is 14.6 Å². The molecule has 3 N–H and O–H groups in total. The maximum atomic E-state index is 9.63. The van der Waals surface area contributed by atoms with Crippen molar-refractivity contribution in [2.24, 2.45) is 5.73 Å². The molecule has 0 amide bonds. The van der Waals surface area contributed by atoms with Crippen molar-refractivity contribution in [1.82, 2.24) is 0 Å². The van der Waals surface area contributed by atoms with Gasteiger partial charge in [-0.3, -0.25) is 4.55 Å². The monoisotopic (exact) mass is 251 g/mol. The zero-order valence-electron chi connectivity index (χ0n) is 10.1. The predicted molar refractivity (Wildman–Crippen MR) is 64.1 cm³/mol. The third-order valence-electron chi connectivity index (χ3n) is 2.40. The van der Waals surface area contributed by atoms with Gasteiger partial charge in [-0.1, -0.05) is 26.7 Å². The number of hydrogen-bond donors (Lipinski definition) is 2. The molecule has 0 radical (unpaired) electrons. The largest absolute Gasteiger partial charge is 0.398 e. The molecule has 0 bridgehead atoms. The molecular formula is C10H21NO4S. The fourth-order valence-electron chi connectivity index (χ4n) is 0.858. The Kier molecular flexibility index (Phi) is 9.48. The molecule has 96 valence electrons. The number of hydrogen-bond acceptors (Lipinski definition) is 4. The van der Waals surface area contributed by atoms with Crippen LogP contribution in [0.3, 0.4) is 0 Å². The first-order valence-corrected chi connectivity index (χ1v) is 6.45. The fourth-order valence-corrected chi connectivity index (χ4v) is 1.08. The standard InChI is InChI=1S/C7H17N.C3H4O4S/c1-4-7(8,5-2)6-3;1-2-3-7-8(4,5)6/h4-6,8H2,1-3H3;1H,3H2,(H,4,5,6). The second-order valence-corrected chi connectivity index (χ2v) is 4.41. The summed E-state index contributed by atoms with van der Waals surface area (Å²) >= 11 is 0. The molecule has 5 nitrogen and oxygen atoms in total. The van der Waals surface area contributed by atoms with Crippen molar-refractivity contribution in [3.05, 3.63) is 0 Å². The van der Waals surface area contributed by atoms with Gasteiger partial charge in [0.1, 0.15) is 6.61 Å². The minimum absolute atomic E-state index is 0.125. The maximum Gasteiger partial charge on any atom is 0.398 e. The Bertz CT molecular complexity index is 293.